The van der Waals surface area contributed by atoms with Crippen LogP contribution in [0.1, 0.15) is 45.4 Å². The van der Waals surface area contributed by atoms with Crippen LogP contribution in [0.5, 0.6) is 0 Å². The molecule has 0 saturated heterocycles. The fraction of sp³-hybridized carbons (Fsp3) is 0.588. The van der Waals surface area contributed by atoms with Gasteiger partial charge in [-0.1, -0.05) is 38.3 Å². The predicted molar refractivity (Wildman–Crippen MR) is 85.0 cm³/mol. The van der Waals surface area contributed by atoms with Crippen LogP contribution in [-0.2, 0) is 0 Å². The third-order valence-corrected chi connectivity index (χ3v) is 5.18. The Bertz CT molecular complexity index is 543. The maximum atomic E-state index is 14.2. The number of para-hydroxylation sites is 1. The number of nitrogens with zero attached hydrogens (tertiary/aromatic N) is 2. The van der Waals surface area contributed by atoms with Gasteiger partial charge in [0.15, 0.2) is 5.96 Å². The van der Waals surface area contributed by atoms with Crippen LogP contribution < -0.4 is 10.6 Å². The molecular weight excluding hydrogens is 265 g/mol. The Morgan fingerprint density at radius 1 is 1.33 bits per heavy atom. The Labute approximate surface area is 126 Å². The minimum Gasteiger partial charge on any atom is -0.369 e. The second kappa shape index (κ2) is 5.66. The lowest BCUT2D eigenvalue weighted by molar-refractivity contribution is 0.382. The van der Waals surface area contributed by atoms with Gasteiger partial charge in [-0.15, -0.1) is 0 Å². The van der Waals surface area contributed by atoms with E-state index in [1.54, 1.807) is 6.07 Å². The van der Waals surface area contributed by atoms with Gasteiger partial charge in [0.2, 0.25) is 0 Å². The monoisotopic (exact) mass is 289 g/mol. The molecule has 3 nitrogen and oxygen atoms in total. The molecule has 2 aliphatic rings. The lowest BCUT2D eigenvalue weighted by atomic mass is 9.88. The van der Waals surface area contributed by atoms with Gasteiger partial charge < -0.3 is 10.6 Å². The van der Waals surface area contributed by atoms with Crippen LogP contribution in [0.25, 0.3) is 0 Å². The highest BCUT2D eigenvalue weighted by molar-refractivity contribution is 5.98. The molecule has 0 amide bonds. The van der Waals surface area contributed by atoms with Crippen molar-refractivity contribution in [1.82, 2.24) is 0 Å². The average molecular weight is 289 g/mol. The van der Waals surface area contributed by atoms with Gasteiger partial charge in [0, 0.05) is 0 Å². The molecule has 1 aliphatic heterocycles. The summed E-state index contributed by atoms with van der Waals surface area (Å²) in [6, 6.07) is 6.89. The van der Waals surface area contributed by atoms with Gasteiger partial charge in [-0.2, -0.15) is 0 Å². The summed E-state index contributed by atoms with van der Waals surface area (Å²) in [5.74, 6) is 1.04. The molecule has 1 fully saturated rings. The number of anilines is 1. The molecule has 1 aliphatic carbocycles. The van der Waals surface area contributed by atoms with E-state index in [9.17, 15) is 4.39 Å². The topological polar surface area (TPSA) is 41.6 Å². The van der Waals surface area contributed by atoms with Crippen molar-refractivity contribution < 1.29 is 4.39 Å². The molecule has 21 heavy (non-hydrogen) atoms. The maximum Gasteiger partial charge on any atom is 0.196 e. The minimum absolute atomic E-state index is 0.115. The Balaban J connectivity index is 1.93. The van der Waals surface area contributed by atoms with E-state index in [0.29, 0.717) is 18.2 Å². The molecule has 0 aromatic heterocycles. The molecule has 1 aromatic carbocycles. The SMILES string of the molecule is CCC1CCCC2(CC1)CN=C(N)N2c1ccccc1F. The Hall–Kier alpha value is -1.58. The summed E-state index contributed by atoms with van der Waals surface area (Å²) >= 11 is 0. The number of halogens is 1. The highest BCUT2D eigenvalue weighted by atomic mass is 19.1. The summed E-state index contributed by atoms with van der Waals surface area (Å²) in [4.78, 5) is 6.43. The molecule has 1 saturated carbocycles. The first-order chi connectivity index (χ1) is 10.2. The van der Waals surface area contributed by atoms with Crippen LogP contribution in [-0.4, -0.2) is 18.0 Å². The second-order valence-electron chi connectivity index (χ2n) is 6.39. The van der Waals surface area contributed by atoms with Crippen LogP contribution in [0.15, 0.2) is 29.3 Å². The third-order valence-electron chi connectivity index (χ3n) is 5.18. The standard InChI is InChI=1S/C17H24FN3/c1-2-13-6-5-10-17(11-9-13)12-20-16(19)21(17)15-8-4-3-7-14(15)18/h3-4,7-8,13H,2,5-6,9-12H2,1H3,(H2,19,20). The van der Waals surface area contributed by atoms with E-state index in [1.807, 2.05) is 17.0 Å². The molecule has 2 unspecified atom stereocenters. The zero-order chi connectivity index (χ0) is 14.9. The number of guanidine groups is 1. The van der Waals surface area contributed by atoms with Crippen LogP contribution in [0, 0.1) is 11.7 Å². The molecular formula is C17H24FN3. The quantitative estimate of drug-likeness (QED) is 0.902. The first kappa shape index (κ1) is 14.4. The van der Waals surface area contributed by atoms with Crippen molar-refractivity contribution in [2.75, 3.05) is 11.4 Å². The van der Waals surface area contributed by atoms with E-state index in [2.05, 4.69) is 11.9 Å². The smallest absolute Gasteiger partial charge is 0.196 e. The number of hydrogen-bond donors (Lipinski definition) is 1. The van der Waals surface area contributed by atoms with E-state index in [0.717, 1.165) is 18.8 Å². The fourth-order valence-corrected chi connectivity index (χ4v) is 3.88. The Kier molecular flexibility index (Phi) is 3.87. The molecule has 0 radical (unpaired) electrons. The lowest BCUT2D eigenvalue weighted by Crippen LogP contribution is -2.52. The van der Waals surface area contributed by atoms with Crippen LogP contribution >= 0.6 is 0 Å². The first-order valence-electron chi connectivity index (χ1n) is 8.01. The van der Waals surface area contributed by atoms with Crippen molar-refractivity contribution in [2.45, 2.75) is 51.0 Å². The zero-order valence-corrected chi connectivity index (χ0v) is 12.7. The summed E-state index contributed by atoms with van der Waals surface area (Å²) in [6.45, 7) is 2.96. The summed E-state index contributed by atoms with van der Waals surface area (Å²) in [5.41, 5.74) is 6.57. The molecule has 1 spiro atoms. The normalized spacial score (nSPS) is 29.5. The number of nitrogens with two attached hydrogens (primary N) is 1. The van der Waals surface area contributed by atoms with Crippen molar-refractivity contribution in [2.24, 2.45) is 16.6 Å². The largest absolute Gasteiger partial charge is 0.369 e. The van der Waals surface area contributed by atoms with Crippen molar-refractivity contribution in [1.29, 1.82) is 0 Å². The summed E-state index contributed by atoms with van der Waals surface area (Å²) in [6.07, 6.45) is 6.94. The molecule has 2 N–H and O–H groups in total. The van der Waals surface area contributed by atoms with Gasteiger partial charge in [0.05, 0.1) is 17.8 Å². The van der Waals surface area contributed by atoms with Crippen molar-refractivity contribution in [3.05, 3.63) is 30.1 Å². The number of aliphatic imine (C=N–C) groups is 1. The summed E-state index contributed by atoms with van der Waals surface area (Å²) in [5, 5.41) is 0. The Morgan fingerprint density at radius 3 is 2.90 bits per heavy atom. The van der Waals surface area contributed by atoms with E-state index >= 15 is 0 Å². The highest BCUT2D eigenvalue weighted by Crippen LogP contribution is 2.41. The molecule has 2 atom stereocenters. The van der Waals surface area contributed by atoms with E-state index < -0.39 is 0 Å². The second-order valence-corrected chi connectivity index (χ2v) is 6.39. The predicted octanol–water partition coefficient (Wildman–Crippen LogP) is 3.69. The van der Waals surface area contributed by atoms with Gasteiger partial charge in [0.25, 0.3) is 0 Å². The van der Waals surface area contributed by atoms with Gasteiger partial charge in [-0.25, -0.2) is 4.39 Å². The first-order valence-corrected chi connectivity index (χ1v) is 8.01. The average Bonchev–Trinajstić information content (AvgIpc) is 2.68. The van der Waals surface area contributed by atoms with Gasteiger partial charge >= 0.3 is 0 Å². The maximum absolute atomic E-state index is 14.2. The van der Waals surface area contributed by atoms with E-state index in [1.165, 1.54) is 31.7 Å². The zero-order valence-electron chi connectivity index (χ0n) is 12.7. The number of rotatable bonds is 2. The van der Waals surface area contributed by atoms with Crippen molar-refractivity contribution in [3.8, 4) is 0 Å². The van der Waals surface area contributed by atoms with Gasteiger partial charge in [0.1, 0.15) is 5.82 Å². The van der Waals surface area contributed by atoms with Gasteiger partial charge in [-0.3, -0.25) is 4.99 Å². The van der Waals surface area contributed by atoms with Gasteiger partial charge in [-0.05, 0) is 37.3 Å². The number of hydrogen-bond acceptors (Lipinski definition) is 3. The number of benzene rings is 1. The molecule has 114 valence electrons. The van der Waals surface area contributed by atoms with E-state index in [4.69, 9.17) is 5.73 Å². The summed E-state index contributed by atoms with van der Waals surface area (Å²) < 4.78 is 14.2. The Morgan fingerprint density at radius 2 is 2.14 bits per heavy atom. The molecule has 3 rings (SSSR count). The highest BCUT2D eigenvalue weighted by Gasteiger charge is 2.44. The molecule has 4 heteroatoms. The van der Waals surface area contributed by atoms with Crippen molar-refractivity contribution >= 4 is 11.6 Å². The minimum atomic E-state index is -0.215. The lowest BCUT2D eigenvalue weighted by Gasteiger charge is -2.39. The van der Waals surface area contributed by atoms with E-state index in [-0.39, 0.29) is 11.4 Å². The third kappa shape index (κ3) is 2.52. The molecule has 0 bridgehead atoms. The van der Waals surface area contributed by atoms with Crippen LogP contribution in [0.3, 0.4) is 0 Å². The summed E-state index contributed by atoms with van der Waals surface area (Å²) in [7, 11) is 0. The molecule has 1 heterocycles. The van der Waals surface area contributed by atoms with Crippen molar-refractivity contribution in [3.63, 3.8) is 0 Å². The fourth-order valence-electron chi connectivity index (χ4n) is 3.88. The van der Waals surface area contributed by atoms with Crippen LogP contribution in [0.4, 0.5) is 10.1 Å². The van der Waals surface area contributed by atoms with Crippen LogP contribution in [0.2, 0.25) is 0 Å². The molecule has 1 aromatic rings.